The lowest BCUT2D eigenvalue weighted by Crippen LogP contribution is -2.17. The summed E-state index contributed by atoms with van der Waals surface area (Å²) in [4.78, 5) is 14.7. The van der Waals surface area contributed by atoms with Gasteiger partial charge in [-0.25, -0.2) is 66.3 Å². The van der Waals surface area contributed by atoms with Crippen LogP contribution in [0.1, 0.15) is 15.9 Å². The Morgan fingerprint density at radius 2 is 0.764 bits per heavy atom. The number of halogens is 20. The Kier molecular flexibility index (Phi) is 14.0. The minimum Gasteiger partial charge on any atom is -0.508 e. The van der Waals surface area contributed by atoms with Gasteiger partial charge >= 0.3 is 5.97 Å². The highest BCUT2D eigenvalue weighted by Gasteiger charge is 2.41. The lowest BCUT2D eigenvalue weighted by atomic mass is 9.95. The van der Waals surface area contributed by atoms with Crippen LogP contribution in [0.3, 0.4) is 0 Å². The molecule has 0 saturated heterocycles. The molecule has 27 heteroatoms. The molecule has 1 atom stereocenters. The number of phenols is 1. The summed E-state index contributed by atoms with van der Waals surface area (Å²) in [5.74, 6) is -80.7. The molecule has 7 aromatic carbocycles. The summed E-state index contributed by atoms with van der Waals surface area (Å²) >= 11 is 0. The molecule has 0 heterocycles. The molecule has 7 aromatic rings. The lowest BCUT2D eigenvalue weighted by molar-refractivity contribution is 0.0758. The molecule has 1 unspecified atom stereocenters. The average Bonchev–Trinajstić information content (AvgIpc) is 3.36. The number of hydrogen-bond donors (Lipinski definition) is 1. The number of ether oxygens (including phenoxy) is 3. The summed E-state index contributed by atoms with van der Waals surface area (Å²) < 4.78 is 321. The summed E-state index contributed by atoms with van der Waals surface area (Å²) in [7, 11) is -3.57. The average molecular weight is 1060 g/mol. The molecule has 7 rings (SSSR count). The summed E-state index contributed by atoms with van der Waals surface area (Å²) in [6.45, 7) is 0. The van der Waals surface area contributed by atoms with Gasteiger partial charge in [-0.1, -0.05) is 40.6 Å². The molecule has 72 heavy (non-hydrogen) atoms. The SMILES string of the molecule is CS(Cc1ccccc1)(OC(=O)c1cc(Oc2c(F)c(F)c(F)c(F)c2F)c(Oc2c(F)c(F)c(F)c(F)c2F)c(Oc2c(F)c(F)c(F)c(F)c2F)c1-c1c(F)c(F)c(F)c(F)c1F)c1ccc(O)cc1. The van der Waals surface area contributed by atoms with Crippen molar-refractivity contribution in [2.24, 2.45) is 0 Å². The van der Waals surface area contributed by atoms with E-state index < -0.39 is 201 Å². The van der Waals surface area contributed by atoms with Gasteiger partial charge < -0.3 is 23.5 Å². The third-order valence-electron chi connectivity index (χ3n) is 9.89. The van der Waals surface area contributed by atoms with Gasteiger partial charge in [0.25, 0.3) is 0 Å². The monoisotopic (exact) mass is 1060 g/mol. The molecule has 1 N–H and O–H groups in total. The van der Waals surface area contributed by atoms with Gasteiger partial charge in [-0.3, -0.25) is 0 Å². The molecule has 0 saturated carbocycles. The van der Waals surface area contributed by atoms with Crippen molar-refractivity contribution >= 4 is 16.3 Å². The third kappa shape index (κ3) is 8.84. The molecule has 0 bridgehead atoms. The van der Waals surface area contributed by atoms with Crippen molar-refractivity contribution in [3.05, 3.63) is 188 Å². The van der Waals surface area contributed by atoms with Crippen LogP contribution < -0.4 is 14.2 Å². The molecule has 6 nitrogen and oxygen atoms in total. The molecule has 0 aliphatic heterocycles. The van der Waals surface area contributed by atoms with Crippen molar-refractivity contribution in [3.63, 3.8) is 0 Å². The fraction of sp³-hybridized carbons (Fsp3) is 0.0444. The molecular formula is C45H16F20O6S. The molecule has 0 radical (unpaired) electrons. The zero-order valence-corrected chi connectivity index (χ0v) is 35.3. The van der Waals surface area contributed by atoms with E-state index in [1.807, 2.05) is 0 Å². The van der Waals surface area contributed by atoms with Crippen molar-refractivity contribution in [2.45, 2.75) is 10.6 Å². The van der Waals surface area contributed by atoms with Gasteiger partial charge in [0, 0.05) is 28.5 Å². The Hall–Kier alpha value is -7.84. The first-order chi connectivity index (χ1) is 33.7. The van der Waals surface area contributed by atoms with E-state index in [0.29, 0.717) is 0 Å². The van der Waals surface area contributed by atoms with Crippen LogP contribution >= 0.6 is 10.3 Å². The highest BCUT2D eigenvalue weighted by molar-refractivity contribution is 8.29. The van der Waals surface area contributed by atoms with Crippen LogP contribution in [0.5, 0.6) is 40.2 Å². The van der Waals surface area contributed by atoms with E-state index in [4.69, 9.17) is 13.7 Å². The molecule has 0 amide bonds. The first-order valence-corrected chi connectivity index (χ1v) is 21.0. The third-order valence-corrected chi connectivity index (χ3v) is 12.6. The predicted molar refractivity (Wildman–Crippen MR) is 206 cm³/mol. The summed E-state index contributed by atoms with van der Waals surface area (Å²) in [5, 5.41) is 9.99. The number of rotatable bonds is 12. The Labute approximate surface area is 388 Å². The van der Waals surface area contributed by atoms with Gasteiger partial charge in [0.1, 0.15) is 5.75 Å². The van der Waals surface area contributed by atoms with Gasteiger partial charge in [-0.15, -0.1) is 0 Å². The van der Waals surface area contributed by atoms with E-state index in [0.717, 1.165) is 30.5 Å². The van der Waals surface area contributed by atoms with Crippen molar-refractivity contribution in [1.82, 2.24) is 0 Å². The number of carbonyl (C=O) groups excluding carboxylic acids is 1. The van der Waals surface area contributed by atoms with E-state index in [1.165, 1.54) is 30.3 Å². The normalized spacial score (nSPS) is 12.7. The van der Waals surface area contributed by atoms with Gasteiger partial charge in [-0.05, 0) is 29.8 Å². The second kappa shape index (κ2) is 19.4. The molecule has 0 fully saturated rings. The van der Waals surface area contributed by atoms with Crippen LogP contribution in [-0.2, 0) is 9.94 Å². The second-order valence-corrected chi connectivity index (χ2v) is 17.3. The zero-order chi connectivity index (χ0) is 53.2. The summed E-state index contributed by atoms with van der Waals surface area (Å²) in [6, 6.07) is 10.8. The number of carbonyl (C=O) groups is 1. The highest BCUT2D eigenvalue weighted by atomic mass is 32.3. The highest BCUT2D eigenvalue weighted by Crippen LogP contribution is 2.59. The van der Waals surface area contributed by atoms with E-state index in [-0.39, 0.29) is 10.5 Å². The van der Waals surface area contributed by atoms with Gasteiger partial charge in [-0.2, -0.15) is 26.3 Å². The smallest absolute Gasteiger partial charge is 0.349 e. The number of hydrogen-bond acceptors (Lipinski definition) is 6. The second-order valence-electron chi connectivity index (χ2n) is 14.4. The van der Waals surface area contributed by atoms with Crippen molar-refractivity contribution < 1.29 is 116 Å². The van der Waals surface area contributed by atoms with E-state index in [9.17, 15) is 53.8 Å². The Morgan fingerprint density at radius 1 is 0.417 bits per heavy atom. The zero-order valence-electron chi connectivity index (χ0n) is 34.4. The number of phenolic OH excluding ortho intramolecular Hbond substituents is 1. The van der Waals surface area contributed by atoms with Gasteiger partial charge in [0.2, 0.25) is 116 Å². The van der Waals surface area contributed by atoms with Crippen LogP contribution in [0.25, 0.3) is 11.1 Å². The molecule has 378 valence electrons. The minimum absolute atomic E-state index is 0.127. The number of benzene rings is 7. The van der Waals surface area contributed by atoms with Crippen molar-refractivity contribution in [2.75, 3.05) is 6.26 Å². The van der Waals surface area contributed by atoms with Crippen molar-refractivity contribution in [1.29, 1.82) is 0 Å². The maximum Gasteiger partial charge on any atom is 0.349 e. The Bertz CT molecular complexity index is 3280. The summed E-state index contributed by atoms with van der Waals surface area (Å²) in [5.41, 5.74) is -6.92. The lowest BCUT2D eigenvalue weighted by Gasteiger charge is -2.36. The van der Waals surface area contributed by atoms with Gasteiger partial charge in [0.05, 0.1) is 11.1 Å². The van der Waals surface area contributed by atoms with E-state index >= 15 is 43.9 Å². The first kappa shape index (κ1) is 52.0. The first-order valence-electron chi connectivity index (χ1n) is 18.9. The Morgan fingerprint density at radius 3 is 1.17 bits per heavy atom. The van der Waals surface area contributed by atoms with Crippen LogP contribution in [0.15, 0.2) is 65.6 Å². The predicted octanol–water partition coefficient (Wildman–Crippen LogP) is 15.0. The van der Waals surface area contributed by atoms with E-state index in [1.54, 1.807) is 0 Å². The van der Waals surface area contributed by atoms with Crippen molar-refractivity contribution in [3.8, 4) is 51.4 Å². The fourth-order valence-corrected chi connectivity index (χ4v) is 8.74. The van der Waals surface area contributed by atoms with Gasteiger partial charge in [0.15, 0.2) is 34.8 Å². The molecule has 0 aliphatic rings. The van der Waals surface area contributed by atoms with Crippen LogP contribution in [-0.4, -0.2) is 17.3 Å². The maximum absolute atomic E-state index is 16.2. The standard InChI is InChI=1S/C45H16F20O6S/c1-72(12-13-5-3-2-4-6-13,15-9-7-14(66)8-10-15)71-45(67)16-11-17(68-42-34(60)28(54)25(51)29(55)35(42)61)40(69-43-36(62)30(56)26(52)31(57)37(43)63)41(70-44-38(64)32(58)27(53)33(59)39(44)65)18(16)19-20(46)22(48)24(50)23(49)21(19)47/h2-11,66H,12H2,1H3. The fourth-order valence-electron chi connectivity index (χ4n) is 6.46. The van der Waals surface area contributed by atoms with Crippen LogP contribution in [0, 0.1) is 116 Å². The Balaban J connectivity index is 1.72. The largest absolute Gasteiger partial charge is 0.508 e. The number of aromatic hydroxyl groups is 1. The summed E-state index contributed by atoms with van der Waals surface area (Å²) in [6.07, 6.45) is 1.08. The van der Waals surface area contributed by atoms with E-state index in [2.05, 4.69) is 4.74 Å². The molecule has 0 spiro atoms. The molecule has 0 aromatic heterocycles. The minimum atomic E-state index is -3.57. The molecule has 0 aliphatic carbocycles. The quantitative estimate of drug-likeness (QED) is 0.0747. The maximum atomic E-state index is 16.2. The van der Waals surface area contributed by atoms with Crippen LogP contribution in [0.2, 0.25) is 0 Å². The molecular weight excluding hydrogens is 1050 g/mol. The topological polar surface area (TPSA) is 74.2 Å². The van der Waals surface area contributed by atoms with Crippen LogP contribution in [0.4, 0.5) is 87.8 Å².